The third kappa shape index (κ3) is 1.81. The van der Waals surface area contributed by atoms with Crippen molar-refractivity contribution in [3.63, 3.8) is 0 Å². The fourth-order valence-electron chi connectivity index (χ4n) is 3.03. The molecule has 0 spiro atoms. The van der Waals surface area contributed by atoms with Crippen LogP contribution in [0.4, 0.5) is 0 Å². The predicted molar refractivity (Wildman–Crippen MR) is 64.8 cm³/mol. The van der Waals surface area contributed by atoms with Crippen molar-refractivity contribution in [2.24, 2.45) is 5.92 Å². The summed E-state index contributed by atoms with van der Waals surface area (Å²) in [7, 11) is 2.11. The van der Waals surface area contributed by atoms with Gasteiger partial charge in [-0.25, -0.2) is 0 Å². The molecule has 0 saturated heterocycles. The van der Waals surface area contributed by atoms with Gasteiger partial charge in [-0.15, -0.1) is 0 Å². The molecule has 1 unspecified atom stereocenters. The summed E-state index contributed by atoms with van der Waals surface area (Å²) in [5.74, 6) is 0.735. The number of benzene rings is 1. The van der Waals surface area contributed by atoms with Crippen molar-refractivity contribution in [2.75, 3.05) is 7.05 Å². The minimum absolute atomic E-state index is 0.222. The van der Waals surface area contributed by atoms with Crippen LogP contribution in [0.15, 0.2) is 30.3 Å². The monoisotopic (exact) mass is 203 g/mol. The Kier molecular flexibility index (Phi) is 3.11. The summed E-state index contributed by atoms with van der Waals surface area (Å²) in [4.78, 5) is 0. The quantitative estimate of drug-likeness (QED) is 0.777. The first-order valence-corrected chi connectivity index (χ1v) is 6.04. The summed E-state index contributed by atoms with van der Waals surface area (Å²) in [6.07, 6.45) is 5.35. The van der Waals surface area contributed by atoms with Crippen molar-refractivity contribution >= 4 is 0 Å². The number of rotatable bonds is 2. The van der Waals surface area contributed by atoms with E-state index in [2.05, 4.69) is 49.6 Å². The van der Waals surface area contributed by atoms with Gasteiger partial charge in [0.25, 0.3) is 0 Å². The van der Waals surface area contributed by atoms with Crippen LogP contribution in [0.1, 0.15) is 38.2 Å². The average molecular weight is 203 g/mol. The number of nitrogens with one attached hydrogen (secondary N) is 1. The van der Waals surface area contributed by atoms with E-state index < -0.39 is 0 Å². The van der Waals surface area contributed by atoms with Crippen LogP contribution in [0, 0.1) is 5.92 Å². The van der Waals surface area contributed by atoms with Crippen molar-refractivity contribution in [3.8, 4) is 0 Å². The SMILES string of the molecule is CN[C@@]1(c2ccccc2)CCCCC1C. The maximum atomic E-state index is 3.58. The molecular formula is C14H21N. The maximum absolute atomic E-state index is 3.58. The molecule has 2 rings (SSSR count). The third-order valence-corrected chi connectivity index (χ3v) is 4.03. The van der Waals surface area contributed by atoms with Gasteiger partial charge in [-0.2, -0.15) is 0 Å². The Morgan fingerprint density at radius 3 is 2.53 bits per heavy atom. The summed E-state index contributed by atoms with van der Waals surface area (Å²) in [5.41, 5.74) is 1.68. The summed E-state index contributed by atoms with van der Waals surface area (Å²) in [5, 5.41) is 3.58. The van der Waals surface area contributed by atoms with E-state index in [1.165, 1.54) is 31.2 Å². The smallest absolute Gasteiger partial charge is 0.0458 e. The van der Waals surface area contributed by atoms with E-state index in [0.29, 0.717) is 0 Å². The van der Waals surface area contributed by atoms with E-state index in [9.17, 15) is 0 Å². The Bertz CT molecular complexity index is 306. The van der Waals surface area contributed by atoms with Crippen LogP contribution >= 0.6 is 0 Å². The molecule has 1 aliphatic carbocycles. The molecule has 1 saturated carbocycles. The molecular weight excluding hydrogens is 182 g/mol. The first kappa shape index (κ1) is 10.7. The molecule has 2 atom stereocenters. The van der Waals surface area contributed by atoms with Gasteiger partial charge in [0.15, 0.2) is 0 Å². The number of hydrogen-bond acceptors (Lipinski definition) is 1. The van der Waals surface area contributed by atoms with Crippen LogP contribution in [0.3, 0.4) is 0 Å². The molecule has 0 aliphatic heterocycles. The van der Waals surface area contributed by atoms with Crippen LogP contribution in [0.2, 0.25) is 0 Å². The highest BCUT2D eigenvalue weighted by Crippen LogP contribution is 2.40. The first-order valence-electron chi connectivity index (χ1n) is 6.04. The van der Waals surface area contributed by atoms with Gasteiger partial charge in [-0.05, 0) is 31.4 Å². The zero-order valence-electron chi connectivity index (χ0n) is 9.79. The van der Waals surface area contributed by atoms with Gasteiger partial charge in [-0.1, -0.05) is 50.1 Å². The Morgan fingerprint density at radius 2 is 1.93 bits per heavy atom. The van der Waals surface area contributed by atoms with Crippen molar-refractivity contribution in [1.29, 1.82) is 0 Å². The predicted octanol–water partition coefficient (Wildman–Crippen LogP) is 3.31. The van der Waals surface area contributed by atoms with E-state index >= 15 is 0 Å². The first-order chi connectivity index (χ1) is 7.29. The van der Waals surface area contributed by atoms with Crippen molar-refractivity contribution < 1.29 is 0 Å². The minimum Gasteiger partial charge on any atom is -0.310 e. The number of hydrogen-bond donors (Lipinski definition) is 1. The van der Waals surface area contributed by atoms with E-state index in [-0.39, 0.29) is 5.54 Å². The largest absolute Gasteiger partial charge is 0.310 e. The second-order valence-electron chi connectivity index (χ2n) is 4.73. The molecule has 0 radical (unpaired) electrons. The zero-order chi connectivity index (χ0) is 10.7. The van der Waals surface area contributed by atoms with Crippen LogP contribution in [0.25, 0.3) is 0 Å². The lowest BCUT2D eigenvalue weighted by molar-refractivity contribution is 0.165. The van der Waals surface area contributed by atoms with Gasteiger partial charge in [-0.3, -0.25) is 0 Å². The second kappa shape index (κ2) is 4.36. The molecule has 15 heavy (non-hydrogen) atoms. The van der Waals surface area contributed by atoms with Crippen LogP contribution in [0.5, 0.6) is 0 Å². The summed E-state index contributed by atoms with van der Waals surface area (Å²) < 4.78 is 0. The Morgan fingerprint density at radius 1 is 1.20 bits per heavy atom. The van der Waals surface area contributed by atoms with Gasteiger partial charge in [0.1, 0.15) is 0 Å². The average Bonchev–Trinajstić information content (AvgIpc) is 2.31. The van der Waals surface area contributed by atoms with Crippen molar-refractivity contribution in [2.45, 2.75) is 38.1 Å². The van der Waals surface area contributed by atoms with Gasteiger partial charge in [0.2, 0.25) is 0 Å². The van der Waals surface area contributed by atoms with Gasteiger partial charge in [0, 0.05) is 5.54 Å². The van der Waals surface area contributed by atoms with Crippen molar-refractivity contribution in [1.82, 2.24) is 5.32 Å². The second-order valence-corrected chi connectivity index (χ2v) is 4.73. The third-order valence-electron chi connectivity index (χ3n) is 4.03. The molecule has 0 amide bonds. The highest BCUT2D eigenvalue weighted by Gasteiger charge is 2.37. The fraction of sp³-hybridized carbons (Fsp3) is 0.571. The van der Waals surface area contributed by atoms with E-state index in [1.54, 1.807) is 0 Å². The van der Waals surface area contributed by atoms with E-state index in [1.807, 2.05) is 0 Å². The highest BCUT2D eigenvalue weighted by atomic mass is 15.0. The standard InChI is InChI=1S/C14H21N/c1-12-8-6-7-11-14(12,15-2)13-9-4-3-5-10-13/h3-5,9-10,12,15H,6-8,11H2,1-2H3/t12?,14-/m0/s1. The molecule has 0 aromatic heterocycles. The molecule has 1 aliphatic rings. The molecule has 82 valence electrons. The maximum Gasteiger partial charge on any atom is 0.0458 e. The Hall–Kier alpha value is -0.820. The lowest BCUT2D eigenvalue weighted by Gasteiger charge is -2.43. The molecule has 1 nitrogen and oxygen atoms in total. The normalized spacial score (nSPS) is 31.5. The highest BCUT2D eigenvalue weighted by molar-refractivity contribution is 5.26. The molecule has 1 aromatic carbocycles. The van der Waals surface area contributed by atoms with Crippen LogP contribution in [-0.2, 0) is 5.54 Å². The summed E-state index contributed by atoms with van der Waals surface area (Å²) in [6.45, 7) is 2.38. The molecule has 1 aromatic rings. The molecule has 1 N–H and O–H groups in total. The van der Waals surface area contributed by atoms with Crippen LogP contribution < -0.4 is 5.32 Å². The van der Waals surface area contributed by atoms with E-state index in [4.69, 9.17) is 0 Å². The molecule has 1 fully saturated rings. The fourth-order valence-corrected chi connectivity index (χ4v) is 3.03. The molecule has 0 heterocycles. The summed E-state index contributed by atoms with van der Waals surface area (Å²) in [6, 6.07) is 10.9. The topological polar surface area (TPSA) is 12.0 Å². The van der Waals surface area contributed by atoms with Crippen molar-refractivity contribution in [3.05, 3.63) is 35.9 Å². The van der Waals surface area contributed by atoms with Gasteiger partial charge < -0.3 is 5.32 Å². The minimum atomic E-state index is 0.222. The zero-order valence-corrected chi connectivity index (χ0v) is 9.79. The Balaban J connectivity index is 2.35. The van der Waals surface area contributed by atoms with Gasteiger partial charge in [0.05, 0.1) is 0 Å². The lowest BCUT2D eigenvalue weighted by Crippen LogP contribution is -2.47. The molecule has 0 bridgehead atoms. The Labute approximate surface area is 92.9 Å². The summed E-state index contributed by atoms with van der Waals surface area (Å²) >= 11 is 0. The van der Waals surface area contributed by atoms with E-state index in [0.717, 1.165) is 5.92 Å². The van der Waals surface area contributed by atoms with Crippen LogP contribution in [-0.4, -0.2) is 7.05 Å². The van der Waals surface area contributed by atoms with Gasteiger partial charge >= 0.3 is 0 Å². The lowest BCUT2D eigenvalue weighted by atomic mass is 9.70. The molecule has 1 heteroatoms.